The second-order valence-electron chi connectivity index (χ2n) is 3.65. The van der Waals surface area contributed by atoms with Crippen molar-refractivity contribution < 1.29 is 0 Å². The van der Waals surface area contributed by atoms with Crippen molar-refractivity contribution in [1.29, 1.82) is 0 Å². The second kappa shape index (κ2) is 9.57. The smallest absolute Gasteiger partial charge is 0.0319 e. The number of hydrogen-bond donors (Lipinski definition) is 0. The summed E-state index contributed by atoms with van der Waals surface area (Å²) in [5.74, 6) is 0.815. The van der Waals surface area contributed by atoms with Crippen molar-refractivity contribution in [2.45, 2.75) is 52.4 Å². The van der Waals surface area contributed by atoms with E-state index >= 15 is 0 Å². The van der Waals surface area contributed by atoms with Crippen LogP contribution in [0.25, 0.3) is 0 Å². The first-order chi connectivity index (χ1) is 6.35. The SMILES string of the molecule is C=CCC(CC)CC=CCCCC. The Kier molecular flexibility index (Phi) is 9.18. The summed E-state index contributed by atoms with van der Waals surface area (Å²) in [6, 6.07) is 0. The van der Waals surface area contributed by atoms with Crippen LogP contribution in [-0.2, 0) is 0 Å². The maximum atomic E-state index is 3.78. The molecule has 0 heterocycles. The van der Waals surface area contributed by atoms with Crippen LogP contribution < -0.4 is 0 Å². The highest BCUT2D eigenvalue weighted by molar-refractivity contribution is 4.85. The zero-order chi connectivity index (χ0) is 9.94. The van der Waals surface area contributed by atoms with Crippen molar-refractivity contribution in [3.8, 4) is 0 Å². The molecule has 0 amide bonds. The molecule has 0 rings (SSSR count). The molecule has 0 radical (unpaired) electrons. The van der Waals surface area contributed by atoms with E-state index < -0.39 is 0 Å². The average molecular weight is 180 g/mol. The third-order valence-corrected chi connectivity index (χ3v) is 2.44. The van der Waals surface area contributed by atoms with Crippen molar-refractivity contribution in [3.63, 3.8) is 0 Å². The predicted octanol–water partition coefficient (Wildman–Crippen LogP) is 4.73. The van der Waals surface area contributed by atoms with Gasteiger partial charge in [0.05, 0.1) is 0 Å². The summed E-state index contributed by atoms with van der Waals surface area (Å²) >= 11 is 0. The molecule has 0 aliphatic rings. The van der Waals surface area contributed by atoms with Gasteiger partial charge in [0.2, 0.25) is 0 Å². The maximum absolute atomic E-state index is 3.78. The van der Waals surface area contributed by atoms with Gasteiger partial charge in [0.1, 0.15) is 0 Å². The molecule has 0 nitrogen and oxygen atoms in total. The Labute approximate surface area is 83.7 Å². The molecule has 0 N–H and O–H groups in total. The largest absolute Gasteiger partial charge is 0.103 e. The molecule has 0 aromatic carbocycles. The van der Waals surface area contributed by atoms with Gasteiger partial charge in [0.15, 0.2) is 0 Å². The molecule has 76 valence electrons. The zero-order valence-corrected chi connectivity index (χ0v) is 9.26. The van der Waals surface area contributed by atoms with Gasteiger partial charge < -0.3 is 0 Å². The Balaban J connectivity index is 3.46. The molecular formula is C13H24. The zero-order valence-electron chi connectivity index (χ0n) is 9.26. The second-order valence-corrected chi connectivity index (χ2v) is 3.65. The fourth-order valence-electron chi connectivity index (χ4n) is 1.39. The van der Waals surface area contributed by atoms with E-state index in [1.54, 1.807) is 0 Å². The number of rotatable bonds is 8. The lowest BCUT2D eigenvalue weighted by Crippen LogP contribution is -1.94. The average Bonchev–Trinajstić information content (AvgIpc) is 2.16. The van der Waals surface area contributed by atoms with Gasteiger partial charge in [-0.2, -0.15) is 0 Å². The van der Waals surface area contributed by atoms with E-state index in [1.165, 1.54) is 32.1 Å². The highest BCUT2D eigenvalue weighted by Crippen LogP contribution is 2.14. The third kappa shape index (κ3) is 7.83. The molecule has 0 saturated heterocycles. The van der Waals surface area contributed by atoms with Crippen LogP contribution in [0, 0.1) is 5.92 Å². The van der Waals surface area contributed by atoms with Crippen LogP contribution in [0.2, 0.25) is 0 Å². The lowest BCUT2D eigenvalue weighted by molar-refractivity contribution is 0.523. The minimum Gasteiger partial charge on any atom is -0.103 e. The van der Waals surface area contributed by atoms with Crippen LogP contribution in [0.15, 0.2) is 24.8 Å². The van der Waals surface area contributed by atoms with Gasteiger partial charge in [-0.15, -0.1) is 6.58 Å². The van der Waals surface area contributed by atoms with E-state index in [1.807, 2.05) is 6.08 Å². The van der Waals surface area contributed by atoms with E-state index in [4.69, 9.17) is 0 Å². The monoisotopic (exact) mass is 180 g/mol. The summed E-state index contributed by atoms with van der Waals surface area (Å²) in [4.78, 5) is 0. The molecule has 0 spiro atoms. The van der Waals surface area contributed by atoms with Gasteiger partial charge in [0, 0.05) is 0 Å². The van der Waals surface area contributed by atoms with Crippen molar-refractivity contribution >= 4 is 0 Å². The molecule has 0 aliphatic heterocycles. The first-order valence-corrected chi connectivity index (χ1v) is 5.61. The standard InChI is InChI=1S/C13H24/c1-4-7-8-9-10-12-13(6-3)11-5-2/h5,9-10,13H,2,4,6-8,11-12H2,1,3H3. The summed E-state index contributed by atoms with van der Waals surface area (Å²) in [5.41, 5.74) is 0. The maximum Gasteiger partial charge on any atom is -0.0319 e. The van der Waals surface area contributed by atoms with E-state index in [9.17, 15) is 0 Å². The number of hydrogen-bond acceptors (Lipinski definition) is 0. The minimum absolute atomic E-state index is 0.815. The number of allylic oxidation sites excluding steroid dienone is 3. The Morgan fingerprint density at radius 2 is 1.92 bits per heavy atom. The fourth-order valence-corrected chi connectivity index (χ4v) is 1.39. The Morgan fingerprint density at radius 1 is 1.15 bits per heavy atom. The molecule has 0 aromatic heterocycles. The van der Waals surface area contributed by atoms with E-state index in [2.05, 4.69) is 32.6 Å². The molecule has 0 aliphatic carbocycles. The molecule has 1 atom stereocenters. The van der Waals surface area contributed by atoms with Crippen molar-refractivity contribution in [1.82, 2.24) is 0 Å². The number of unbranched alkanes of at least 4 members (excludes halogenated alkanes) is 2. The highest BCUT2D eigenvalue weighted by atomic mass is 14.0. The summed E-state index contributed by atoms with van der Waals surface area (Å²) in [7, 11) is 0. The highest BCUT2D eigenvalue weighted by Gasteiger charge is 1.99. The van der Waals surface area contributed by atoms with Crippen LogP contribution in [0.3, 0.4) is 0 Å². The van der Waals surface area contributed by atoms with E-state index in [0.29, 0.717) is 0 Å². The van der Waals surface area contributed by atoms with Crippen LogP contribution >= 0.6 is 0 Å². The lowest BCUT2D eigenvalue weighted by Gasteiger charge is -2.08. The first-order valence-electron chi connectivity index (χ1n) is 5.61. The quantitative estimate of drug-likeness (QED) is 0.374. The van der Waals surface area contributed by atoms with Gasteiger partial charge in [-0.1, -0.05) is 51.3 Å². The van der Waals surface area contributed by atoms with Crippen molar-refractivity contribution in [2.75, 3.05) is 0 Å². The Bertz CT molecular complexity index is 133. The summed E-state index contributed by atoms with van der Waals surface area (Å²) in [6.07, 6.45) is 14.2. The van der Waals surface area contributed by atoms with Crippen LogP contribution in [-0.4, -0.2) is 0 Å². The molecule has 0 aromatic rings. The molecule has 0 fully saturated rings. The third-order valence-electron chi connectivity index (χ3n) is 2.44. The molecule has 0 bridgehead atoms. The van der Waals surface area contributed by atoms with Gasteiger partial charge in [0.25, 0.3) is 0 Å². The Hall–Kier alpha value is -0.520. The van der Waals surface area contributed by atoms with E-state index in [-0.39, 0.29) is 0 Å². The molecule has 0 heteroatoms. The van der Waals surface area contributed by atoms with E-state index in [0.717, 1.165) is 12.3 Å². The van der Waals surface area contributed by atoms with Crippen LogP contribution in [0.5, 0.6) is 0 Å². The molecular weight excluding hydrogens is 156 g/mol. The Morgan fingerprint density at radius 3 is 2.46 bits per heavy atom. The summed E-state index contributed by atoms with van der Waals surface area (Å²) in [6.45, 7) is 8.28. The summed E-state index contributed by atoms with van der Waals surface area (Å²) < 4.78 is 0. The van der Waals surface area contributed by atoms with Crippen molar-refractivity contribution in [2.24, 2.45) is 5.92 Å². The normalized spacial score (nSPS) is 13.4. The van der Waals surface area contributed by atoms with Crippen LogP contribution in [0.4, 0.5) is 0 Å². The molecule has 13 heavy (non-hydrogen) atoms. The van der Waals surface area contributed by atoms with Gasteiger partial charge in [-0.25, -0.2) is 0 Å². The fraction of sp³-hybridized carbons (Fsp3) is 0.692. The molecule has 0 saturated carbocycles. The predicted molar refractivity (Wildman–Crippen MR) is 61.9 cm³/mol. The van der Waals surface area contributed by atoms with Crippen molar-refractivity contribution in [3.05, 3.63) is 24.8 Å². The lowest BCUT2D eigenvalue weighted by atomic mass is 9.98. The molecule has 1 unspecified atom stereocenters. The van der Waals surface area contributed by atoms with Crippen LogP contribution in [0.1, 0.15) is 52.4 Å². The first kappa shape index (κ1) is 12.5. The van der Waals surface area contributed by atoms with Gasteiger partial charge in [-0.05, 0) is 25.2 Å². The van der Waals surface area contributed by atoms with Gasteiger partial charge in [-0.3, -0.25) is 0 Å². The topological polar surface area (TPSA) is 0 Å². The van der Waals surface area contributed by atoms with Gasteiger partial charge >= 0.3 is 0 Å². The summed E-state index contributed by atoms with van der Waals surface area (Å²) in [5, 5.41) is 0. The minimum atomic E-state index is 0.815.